The predicted octanol–water partition coefficient (Wildman–Crippen LogP) is 2.65. The molecule has 2 rings (SSSR count). The molecule has 0 bridgehead atoms. The minimum Gasteiger partial charge on any atom is -0.481 e. The number of benzene rings is 1. The van der Waals surface area contributed by atoms with Crippen LogP contribution >= 0.6 is 35.6 Å². The molecular formula is C14H17Cl3N2O3. The van der Waals surface area contributed by atoms with Gasteiger partial charge in [0.25, 0.3) is 5.91 Å². The Morgan fingerprint density at radius 1 is 1.09 bits per heavy atom. The molecule has 1 amide bonds. The summed E-state index contributed by atoms with van der Waals surface area (Å²) in [6.07, 6.45) is 0.115. The van der Waals surface area contributed by atoms with E-state index in [9.17, 15) is 9.59 Å². The number of carboxylic acid groups (broad SMARTS) is 1. The van der Waals surface area contributed by atoms with Gasteiger partial charge in [-0.15, -0.1) is 12.4 Å². The molecule has 1 aromatic rings. The molecule has 1 aromatic carbocycles. The van der Waals surface area contributed by atoms with Crippen molar-refractivity contribution in [2.24, 2.45) is 0 Å². The number of rotatable bonds is 4. The number of carbonyl (C=O) groups is 2. The summed E-state index contributed by atoms with van der Waals surface area (Å²) in [5.41, 5.74) is 0.333. The largest absolute Gasteiger partial charge is 0.481 e. The van der Waals surface area contributed by atoms with Gasteiger partial charge in [0.05, 0.1) is 22.0 Å². The summed E-state index contributed by atoms with van der Waals surface area (Å²) >= 11 is 12.1. The lowest BCUT2D eigenvalue weighted by Crippen LogP contribution is -2.49. The van der Waals surface area contributed by atoms with Crippen molar-refractivity contribution >= 4 is 47.5 Å². The van der Waals surface area contributed by atoms with Gasteiger partial charge in [0, 0.05) is 32.7 Å². The Hall–Kier alpha value is -1.01. The maximum atomic E-state index is 12.5. The van der Waals surface area contributed by atoms with Crippen molar-refractivity contribution in [2.75, 3.05) is 32.7 Å². The number of piperazine rings is 1. The summed E-state index contributed by atoms with van der Waals surface area (Å²) in [5, 5.41) is 9.37. The first-order valence-corrected chi connectivity index (χ1v) is 7.42. The molecule has 1 aliphatic heterocycles. The van der Waals surface area contributed by atoms with E-state index in [0.29, 0.717) is 48.3 Å². The number of hydrogen-bond donors (Lipinski definition) is 1. The van der Waals surface area contributed by atoms with Crippen LogP contribution < -0.4 is 0 Å². The van der Waals surface area contributed by atoms with Gasteiger partial charge in [0.15, 0.2) is 0 Å². The first-order chi connectivity index (χ1) is 9.99. The SMILES string of the molecule is Cl.O=C(O)CCN1CCN(C(=O)c2c(Cl)cccc2Cl)CC1. The lowest BCUT2D eigenvalue weighted by molar-refractivity contribution is -0.137. The van der Waals surface area contributed by atoms with E-state index in [1.807, 2.05) is 4.90 Å². The summed E-state index contributed by atoms with van der Waals surface area (Å²) in [6.45, 7) is 2.90. The number of hydrogen-bond acceptors (Lipinski definition) is 3. The van der Waals surface area contributed by atoms with E-state index in [1.165, 1.54) is 0 Å². The van der Waals surface area contributed by atoms with E-state index in [1.54, 1.807) is 23.1 Å². The van der Waals surface area contributed by atoms with E-state index >= 15 is 0 Å². The molecule has 0 unspecified atom stereocenters. The number of carboxylic acids is 1. The highest BCUT2D eigenvalue weighted by molar-refractivity contribution is 6.39. The minimum atomic E-state index is -0.809. The van der Waals surface area contributed by atoms with Crippen molar-refractivity contribution in [3.63, 3.8) is 0 Å². The third kappa shape index (κ3) is 4.74. The molecule has 22 heavy (non-hydrogen) atoms. The van der Waals surface area contributed by atoms with Crippen LogP contribution in [0.15, 0.2) is 18.2 Å². The van der Waals surface area contributed by atoms with Crippen molar-refractivity contribution in [1.29, 1.82) is 0 Å². The van der Waals surface area contributed by atoms with Gasteiger partial charge >= 0.3 is 5.97 Å². The van der Waals surface area contributed by atoms with Crippen molar-refractivity contribution in [3.05, 3.63) is 33.8 Å². The average molecular weight is 368 g/mol. The minimum absolute atomic E-state index is 0. The molecule has 1 aliphatic rings. The number of carbonyl (C=O) groups excluding carboxylic acids is 1. The fourth-order valence-electron chi connectivity index (χ4n) is 2.29. The highest BCUT2D eigenvalue weighted by atomic mass is 35.5. The van der Waals surface area contributed by atoms with Gasteiger partial charge in [-0.25, -0.2) is 0 Å². The number of aliphatic carboxylic acids is 1. The van der Waals surface area contributed by atoms with Gasteiger partial charge in [0.1, 0.15) is 0 Å². The van der Waals surface area contributed by atoms with Gasteiger partial charge in [-0.2, -0.15) is 0 Å². The summed E-state index contributed by atoms with van der Waals surface area (Å²) in [5.74, 6) is -0.986. The van der Waals surface area contributed by atoms with Crippen molar-refractivity contribution in [1.82, 2.24) is 9.80 Å². The topological polar surface area (TPSA) is 60.9 Å². The Kier molecular flexibility index (Phi) is 7.42. The maximum absolute atomic E-state index is 12.5. The van der Waals surface area contributed by atoms with Gasteiger partial charge in [0.2, 0.25) is 0 Å². The Bertz CT molecular complexity index is 526. The highest BCUT2D eigenvalue weighted by Gasteiger charge is 2.25. The second-order valence-electron chi connectivity index (χ2n) is 4.87. The van der Waals surface area contributed by atoms with Gasteiger partial charge < -0.3 is 10.0 Å². The Morgan fingerprint density at radius 2 is 1.64 bits per heavy atom. The fourth-order valence-corrected chi connectivity index (χ4v) is 2.85. The van der Waals surface area contributed by atoms with Crippen molar-refractivity contribution in [3.8, 4) is 0 Å². The normalized spacial score (nSPS) is 15.3. The van der Waals surface area contributed by atoms with Crippen LogP contribution in [0.4, 0.5) is 0 Å². The van der Waals surface area contributed by atoms with Crippen LogP contribution in [-0.4, -0.2) is 59.5 Å². The van der Waals surface area contributed by atoms with E-state index < -0.39 is 5.97 Å². The molecule has 0 aliphatic carbocycles. The zero-order chi connectivity index (χ0) is 15.4. The van der Waals surface area contributed by atoms with E-state index in [2.05, 4.69) is 0 Å². The Morgan fingerprint density at radius 3 is 2.14 bits per heavy atom. The second-order valence-corrected chi connectivity index (χ2v) is 5.69. The molecule has 0 spiro atoms. The molecule has 0 saturated carbocycles. The van der Waals surface area contributed by atoms with Crippen molar-refractivity contribution < 1.29 is 14.7 Å². The first-order valence-electron chi connectivity index (χ1n) is 6.66. The molecule has 0 radical (unpaired) electrons. The third-order valence-corrected chi connectivity index (χ3v) is 4.11. The lowest BCUT2D eigenvalue weighted by Gasteiger charge is -2.34. The second kappa shape index (κ2) is 8.58. The number of halogens is 3. The molecular weight excluding hydrogens is 351 g/mol. The molecule has 122 valence electrons. The molecule has 8 heteroatoms. The average Bonchev–Trinajstić information content (AvgIpc) is 2.45. The van der Waals surface area contributed by atoms with Crippen LogP contribution in [0, 0.1) is 0 Å². The van der Waals surface area contributed by atoms with E-state index in [-0.39, 0.29) is 24.7 Å². The van der Waals surface area contributed by atoms with E-state index in [0.717, 1.165) is 0 Å². The van der Waals surface area contributed by atoms with E-state index in [4.69, 9.17) is 28.3 Å². The quantitative estimate of drug-likeness (QED) is 0.889. The van der Waals surface area contributed by atoms with Crippen LogP contribution in [0.3, 0.4) is 0 Å². The van der Waals surface area contributed by atoms with Crippen LogP contribution in [0.2, 0.25) is 10.0 Å². The molecule has 0 atom stereocenters. The van der Waals surface area contributed by atoms with Crippen LogP contribution in [0.1, 0.15) is 16.8 Å². The van der Waals surface area contributed by atoms with Crippen LogP contribution in [-0.2, 0) is 4.79 Å². The Balaban J connectivity index is 0.00000242. The van der Waals surface area contributed by atoms with Crippen LogP contribution in [0.5, 0.6) is 0 Å². The molecule has 1 heterocycles. The molecule has 1 N–H and O–H groups in total. The zero-order valence-electron chi connectivity index (χ0n) is 11.8. The zero-order valence-corrected chi connectivity index (χ0v) is 14.1. The Labute approximate surface area is 145 Å². The summed E-state index contributed by atoms with van der Waals surface area (Å²) < 4.78 is 0. The predicted molar refractivity (Wildman–Crippen MR) is 88.3 cm³/mol. The van der Waals surface area contributed by atoms with Gasteiger partial charge in [-0.3, -0.25) is 14.5 Å². The number of amides is 1. The van der Waals surface area contributed by atoms with Crippen molar-refractivity contribution in [2.45, 2.75) is 6.42 Å². The fraction of sp³-hybridized carbons (Fsp3) is 0.429. The molecule has 1 saturated heterocycles. The van der Waals surface area contributed by atoms with Crippen LogP contribution in [0.25, 0.3) is 0 Å². The molecule has 1 fully saturated rings. The summed E-state index contributed by atoms with van der Waals surface area (Å²) in [4.78, 5) is 26.7. The smallest absolute Gasteiger partial charge is 0.304 e. The summed E-state index contributed by atoms with van der Waals surface area (Å²) in [7, 11) is 0. The third-order valence-electron chi connectivity index (χ3n) is 3.48. The van der Waals surface area contributed by atoms with Gasteiger partial charge in [-0.1, -0.05) is 29.3 Å². The lowest BCUT2D eigenvalue weighted by atomic mass is 10.1. The van der Waals surface area contributed by atoms with Gasteiger partial charge in [-0.05, 0) is 12.1 Å². The molecule has 5 nitrogen and oxygen atoms in total. The highest BCUT2D eigenvalue weighted by Crippen LogP contribution is 2.26. The maximum Gasteiger partial charge on any atom is 0.304 e. The monoisotopic (exact) mass is 366 g/mol. The molecule has 0 aromatic heterocycles. The summed E-state index contributed by atoms with van der Waals surface area (Å²) in [6, 6.07) is 4.98. The first kappa shape index (κ1) is 19.0. The standard InChI is InChI=1S/C14H16Cl2N2O3.ClH/c15-10-2-1-3-11(16)13(10)14(21)18-8-6-17(7-9-18)5-4-12(19)20;/h1-3H,4-9H2,(H,19,20);1H. The number of nitrogens with zero attached hydrogens (tertiary/aromatic N) is 2.